The van der Waals surface area contributed by atoms with Gasteiger partial charge in [-0.2, -0.15) is 0 Å². The molecule has 24 heavy (non-hydrogen) atoms. The minimum atomic E-state index is -1.15. The maximum atomic E-state index is 11.5. The number of hydrogen-bond acceptors (Lipinski definition) is 4. The summed E-state index contributed by atoms with van der Waals surface area (Å²) >= 11 is 5.87. The predicted molar refractivity (Wildman–Crippen MR) is 90.7 cm³/mol. The van der Waals surface area contributed by atoms with Gasteiger partial charge < -0.3 is 20.0 Å². The van der Waals surface area contributed by atoms with Crippen LogP contribution in [0.25, 0.3) is 0 Å². The van der Waals surface area contributed by atoms with Crippen LogP contribution >= 0.6 is 11.6 Å². The molecule has 0 bridgehead atoms. The van der Waals surface area contributed by atoms with Gasteiger partial charge >= 0.3 is 0 Å². The third kappa shape index (κ3) is 4.06. The van der Waals surface area contributed by atoms with E-state index in [0.29, 0.717) is 24.8 Å². The number of hydrogen-bond donors (Lipinski definition) is 2. The summed E-state index contributed by atoms with van der Waals surface area (Å²) in [5.41, 5.74) is 2.81. The van der Waals surface area contributed by atoms with Gasteiger partial charge in [0.1, 0.15) is 18.8 Å². The molecule has 0 saturated carbocycles. The maximum Gasteiger partial charge on any atom is 0.140 e. The van der Waals surface area contributed by atoms with Crippen LogP contribution in [0.1, 0.15) is 15.9 Å². The van der Waals surface area contributed by atoms with Crippen LogP contribution in [-0.2, 0) is 11.3 Å². The molecule has 2 aromatic rings. The van der Waals surface area contributed by atoms with Crippen molar-refractivity contribution in [3.8, 4) is 0 Å². The van der Waals surface area contributed by atoms with Crippen LogP contribution in [0.3, 0.4) is 0 Å². The number of rotatable bonds is 5. The number of carboxylic acids is 1. The molecular formula is C18H19ClN2O3. The highest BCUT2D eigenvalue weighted by Gasteiger charge is 2.20. The topological polar surface area (TPSA) is 65.8 Å². The molecule has 1 aliphatic rings. The number of quaternary nitrogens is 1. The molecule has 0 radical (unpaired) electrons. The molecule has 1 fully saturated rings. The number of morpholine rings is 1. The van der Waals surface area contributed by atoms with Crippen molar-refractivity contribution in [2.24, 2.45) is 0 Å². The maximum absolute atomic E-state index is 11.5. The van der Waals surface area contributed by atoms with Crippen molar-refractivity contribution < 1.29 is 19.5 Å². The molecule has 5 nitrogen and oxygen atoms in total. The Morgan fingerprint density at radius 3 is 2.54 bits per heavy atom. The highest BCUT2D eigenvalue weighted by atomic mass is 35.5. The highest BCUT2D eigenvalue weighted by molar-refractivity contribution is 6.30. The molecule has 6 heteroatoms. The summed E-state index contributed by atoms with van der Waals surface area (Å²) in [5.74, 6) is -1.15. The van der Waals surface area contributed by atoms with E-state index in [1.807, 2.05) is 36.4 Å². The quantitative estimate of drug-likeness (QED) is 0.843. The molecule has 1 saturated heterocycles. The summed E-state index contributed by atoms with van der Waals surface area (Å²) in [7, 11) is 0. The molecule has 0 atom stereocenters. The van der Waals surface area contributed by atoms with Crippen LogP contribution in [0.5, 0.6) is 0 Å². The zero-order valence-corrected chi connectivity index (χ0v) is 13.9. The number of anilines is 1. The number of carboxylic acid groups (broad SMARTS) is 1. The molecule has 1 heterocycles. The smallest absolute Gasteiger partial charge is 0.140 e. The van der Waals surface area contributed by atoms with Crippen molar-refractivity contribution in [2.45, 2.75) is 6.54 Å². The Morgan fingerprint density at radius 1 is 1.17 bits per heavy atom. The Kier molecular flexibility index (Phi) is 5.35. The van der Waals surface area contributed by atoms with E-state index >= 15 is 0 Å². The first-order chi connectivity index (χ1) is 11.6. The normalized spacial score (nSPS) is 15.2. The molecule has 3 rings (SSSR count). The summed E-state index contributed by atoms with van der Waals surface area (Å²) in [6.07, 6.45) is 0. The summed E-state index contributed by atoms with van der Waals surface area (Å²) in [6.45, 7) is 3.39. The number of carbonyl (C=O) groups is 1. The first-order valence-electron chi connectivity index (χ1n) is 7.90. The number of halogens is 1. The van der Waals surface area contributed by atoms with Crippen molar-refractivity contribution in [3.05, 3.63) is 58.6 Å². The Morgan fingerprint density at radius 2 is 1.88 bits per heavy atom. The van der Waals surface area contributed by atoms with Gasteiger partial charge in [0.25, 0.3) is 0 Å². The van der Waals surface area contributed by atoms with Gasteiger partial charge in [-0.05, 0) is 29.8 Å². The predicted octanol–water partition coefficient (Wildman–Crippen LogP) is 0.862. The number of benzene rings is 2. The van der Waals surface area contributed by atoms with Gasteiger partial charge in [0.2, 0.25) is 0 Å². The lowest BCUT2D eigenvalue weighted by molar-refractivity contribution is -0.842. The van der Waals surface area contributed by atoms with E-state index in [4.69, 9.17) is 16.3 Å². The van der Waals surface area contributed by atoms with Crippen molar-refractivity contribution in [3.63, 3.8) is 0 Å². The lowest BCUT2D eigenvalue weighted by Crippen LogP contribution is -3.09. The van der Waals surface area contributed by atoms with E-state index in [1.54, 1.807) is 6.07 Å². The van der Waals surface area contributed by atoms with Crippen LogP contribution in [0.4, 0.5) is 11.4 Å². The van der Waals surface area contributed by atoms with E-state index in [0.717, 1.165) is 34.9 Å². The second kappa shape index (κ2) is 7.66. The zero-order chi connectivity index (χ0) is 16.9. The molecule has 0 amide bonds. The van der Waals surface area contributed by atoms with Crippen molar-refractivity contribution in [2.75, 3.05) is 31.6 Å². The van der Waals surface area contributed by atoms with Gasteiger partial charge in [-0.1, -0.05) is 23.7 Å². The van der Waals surface area contributed by atoms with E-state index in [9.17, 15) is 9.90 Å². The van der Waals surface area contributed by atoms with Gasteiger partial charge in [-0.25, -0.2) is 0 Å². The van der Waals surface area contributed by atoms with Gasteiger partial charge in [0, 0.05) is 23.3 Å². The first kappa shape index (κ1) is 16.8. The first-order valence-corrected chi connectivity index (χ1v) is 8.28. The molecular weight excluding hydrogens is 328 g/mol. The summed E-state index contributed by atoms with van der Waals surface area (Å²) in [4.78, 5) is 12.6. The minimum Gasteiger partial charge on any atom is -0.545 e. The Hall–Kier alpha value is -2.08. The molecule has 0 aliphatic carbocycles. The summed E-state index contributed by atoms with van der Waals surface area (Å²) in [6, 6.07) is 12.9. The SMILES string of the molecule is O=C([O-])c1cc(NCc2ccc(Cl)cc2)ccc1[NH+]1CCOCC1. The largest absolute Gasteiger partial charge is 0.545 e. The minimum absolute atomic E-state index is 0.230. The van der Waals surface area contributed by atoms with E-state index < -0.39 is 5.97 Å². The lowest BCUT2D eigenvalue weighted by Gasteiger charge is -2.25. The van der Waals surface area contributed by atoms with Crippen LogP contribution in [0, 0.1) is 0 Å². The number of carbonyl (C=O) groups excluding carboxylic acids is 1. The van der Waals surface area contributed by atoms with Gasteiger partial charge in [0.15, 0.2) is 0 Å². The highest BCUT2D eigenvalue weighted by Crippen LogP contribution is 2.19. The lowest BCUT2D eigenvalue weighted by atomic mass is 10.1. The number of aromatic carboxylic acids is 1. The van der Waals surface area contributed by atoms with Crippen molar-refractivity contribution >= 4 is 28.9 Å². The summed E-state index contributed by atoms with van der Waals surface area (Å²) in [5, 5.41) is 15.5. The van der Waals surface area contributed by atoms with E-state index in [2.05, 4.69) is 5.32 Å². The Labute approximate surface area is 145 Å². The molecule has 0 unspecified atom stereocenters. The molecule has 126 valence electrons. The zero-order valence-electron chi connectivity index (χ0n) is 13.2. The Balaban J connectivity index is 1.75. The third-order valence-electron chi connectivity index (χ3n) is 4.13. The fourth-order valence-corrected chi connectivity index (χ4v) is 2.95. The number of ether oxygens (including phenoxy) is 1. The molecule has 2 aromatic carbocycles. The second-order valence-electron chi connectivity index (χ2n) is 5.74. The summed E-state index contributed by atoms with van der Waals surface area (Å²) < 4.78 is 5.34. The monoisotopic (exact) mass is 346 g/mol. The average molecular weight is 347 g/mol. The fourth-order valence-electron chi connectivity index (χ4n) is 2.82. The average Bonchev–Trinajstić information content (AvgIpc) is 2.62. The molecule has 0 spiro atoms. The Bertz CT molecular complexity index is 713. The van der Waals surface area contributed by atoms with E-state index in [-0.39, 0.29) is 5.56 Å². The van der Waals surface area contributed by atoms with Crippen molar-refractivity contribution in [1.82, 2.24) is 0 Å². The second-order valence-corrected chi connectivity index (χ2v) is 6.18. The molecule has 2 N–H and O–H groups in total. The van der Waals surface area contributed by atoms with Crippen LogP contribution in [-0.4, -0.2) is 32.3 Å². The van der Waals surface area contributed by atoms with Crippen LogP contribution < -0.4 is 15.3 Å². The van der Waals surface area contributed by atoms with Gasteiger partial charge in [-0.3, -0.25) is 4.90 Å². The van der Waals surface area contributed by atoms with Crippen LogP contribution in [0.15, 0.2) is 42.5 Å². The standard InChI is InChI=1S/C18H19ClN2O3/c19-14-3-1-13(2-4-14)12-20-15-5-6-17(16(11-15)18(22)23)21-7-9-24-10-8-21/h1-6,11,20H,7-10,12H2,(H,22,23). The molecule has 0 aromatic heterocycles. The molecule has 1 aliphatic heterocycles. The van der Waals surface area contributed by atoms with E-state index in [1.165, 1.54) is 0 Å². The van der Waals surface area contributed by atoms with Crippen LogP contribution in [0.2, 0.25) is 5.02 Å². The third-order valence-corrected chi connectivity index (χ3v) is 4.38. The van der Waals surface area contributed by atoms with Gasteiger partial charge in [-0.15, -0.1) is 0 Å². The van der Waals surface area contributed by atoms with Crippen molar-refractivity contribution in [1.29, 1.82) is 0 Å². The fraction of sp³-hybridized carbons (Fsp3) is 0.278. The van der Waals surface area contributed by atoms with Gasteiger partial charge in [0.05, 0.1) is 24.7 Å². The number of nitrogens with one attached hydrogen (secondary N) is 2.